The number of amides is 1. The Morgan fingerprint density at radius 1 is 1.10 bits per heavy atom. The number of ether oxygens (including phenoxy) is 1. The first kappa shape index (κ1) is 13.5. The van der Waals surface area contributed by atoms with E-state index in [2.05, 4.69) is 10.6 Å². The molecule has 0 fully saturated rings. The third kappa shape index (κ3) is 2.84. The maximum atomic E-state index is 12.3. The summed E-state index contributed by atoms with van der Waals surface area (Å²) in [6.45, 7) is 2.50. The zero-order valence-electron chi connectivity index (χ0n) is 11.9. The van der Waals surface area contributed by atoms with Gasteiger partial charge in [0.15, 0.2) is 0 Å². The lowest BCUT2D eigenvalue weighted by Crippen LogP contribution is -2.40. The molecule has 0 saturated carbocycles. The summed E-state index contributed by atoms with van der Waals surface area (Å²) in [6.07, 6.45) is 0.658. The SMILES string of the molecule is CCOc1cccc2c1NC(=O)C(Cc1ccccc1)N2. The lowest BCUT2D eigenvalue weighted by Gasteiger charge is -2.28. The summed E-state index contributed by atoms with van der Waals surface area (Å²) in [5, 5.41) is 6.26. The van der Waals surface area contributed by atoms with Crippen LogP contribution >= 0.6 is 0 Å². The minimum atomic E-state index is -0.267. The molecule has 4 nitrogen and oxygen atoms in total. The molecule has 2 aromatic carbocycles. The Kier molecular flexibility index (Phi) is 3.77. The Balaban J connectivity index is 1.83. The molecule has 0 aliphatic carbocycles. The van der Waals surface area contributed by atoms with E-state index in [4.69, 9.17) is 4.74 Å². The van der Waals surface area contributed by atoms with Gasteiger partial charge in [-0.3, -0.25) is 4.79 Å². The first-order valence-corrected chi connectivity index (χ1v) is 7.15. The van der Waals surface area contributed by atoms with Crippen LogP contribution in [0.1, 0.15) is 12.5 Å². The summed E-state index contributed by atoms with van der Waals surface area (Å²) in [7, 11) is 0. The molecule has 3 rings (SSSR count). The molecule has 1 atom stereocenters. The van der Waals surface area contributed by atoms with Gasteiger partial charge >= 0.3 is 0 Å². The predicted molar refractivity (Wildman–Crippen MR) is 83.8 cm³/mol. The average molecular weight is 282 g/mol. The van der Waals surface area contributed by atoms with E-state index in [1.165, 1.54) is 0 Å². The largest absolute Gasteiger partial charge is 0.492 e. The van der Waals surface area contributed by atoms with Crippen LogP contribution in [0.4, 0.5) is 11.4 Å². The van der Waals surface area contributed by atoms with E-state index in [9.17, 15) is 4.79 Å². The van der Waals surface area contributed by atoms with Crippen molar-refractivity contribution in [2.24, 2.45) is 0 Å². The summed E-state index contributed by atoms with van der Waals surface area (Å²) >= 11 is 0. The first-order valence-electron chi connectivity index (χ1n) is 7.15. The Bertz CT molecular complexity index is 640. The van der Waals surface area contributed by atoms with Crippen molar-refractivity contribution >= 4 is 17.3 Å². The maximum Gasteiger partial charge on any atom is 0.247 e. The molecule has 1 amide bonds. The lowest BCUT2D eigenvalue weighted by molar-refractivity contribution is -0.117. The quantitative estimate of drug-likeness (QED) is 0.906. The number of nitrogens with one attached hydrogen (secondary N) is 2. The number of para-hydroxylation sites is 1. The normalized spacial score (nSPS) is 16.6. The molecule has 1 unspecified atom stereocenters. The molecule has 108 valence electrons. The molecule has 21 heavy (non-hydrogen) atoms. The van der Waals surface area contributed by atoms with Gasteiger partial charge < -0.3 is 15.4 Å². The van der Waals surface area contributed by atoms with Gasteiger partial charge in [0, 0.05) is 6.42 Å². The van der Waals surface area contributed by atoms with Crippen molar-refractivity contribution in [3.8, 4) is 5.75 Å². The van der Waals surface area contributed by atoms with Gasteiger partial charge in [-0.25, -0.2) is 0 Å². The standard InChI is InChI=1S/C17H18N2O2/c1-2-21-15-10-6-9-13-16(15)19-17(20)14(18-13)11-12-7-4-3-5-8-12/h3-10,14,18H,2,11H2,1H3,(H,19,20). The molecule has 2 N–H and O–H groups in total. The molecule has 0 saturated heterocycles. The fraction of sp³-hybridized carbons (Fsp3) is 0.235. The van der Waals surface area contributed by atoms with Crippen molar-refractivity contribution in [3.05, 3.63) is 54.1 Å². The molecule has 0 spiro atoms. The minimum Gasteiger partial charge on any atom is -0.492 e. The Morgan fingerprint density at radius 2 is 1.90 bits per heavy atom. The maximum absolute atomic E-state index is 12.3. The van der Waals surface area contributed by atoms with Crippen LogP contribution in [0.3, 0.4) is 0 Å². The van der Waals surface area contributed by atoms with Crippen molar-refractivity contribution in [1.82, 2.24) is 0 Å². The fourth-order valence-electron chi connectivity index (χ4n) is 2.51. The Hall–Kier alpha value is -2.49. The Labute approximate surface area is 124 Å². The third-order valence-corrected chi connectivity index (χ3v) is 3.50. The number of anilines is 2. The summed E-state index contributed by atoms with van der Waals surface area (Å²) in [6, 6.07) is 15.5. The van der Waals surface area contributed by atoms with Crippen LogP contribution in [-0.2, 0) is 11.2 Å². The molecule has 0 radical (unpaired) electrons. The van der Waals surface area contributed by atoms with E-state index >= 15 is 0 Å². The summed E-state index contributed by atoms with van der Waals surface area (Å²) < 4.78 is 5.55. The minimum absolute atomic E-state index is 0.0292. The van der Waals surface area contributed by atoms with Crippen molar-refractivity contribution in [1.29, 1.82) is 0 Å². The van der Waals surface area contributed by atoms with E-state index in [1.807, 2.05) is 55.5 Å². The third-order valence-electron chi connectivity index (χ3n) is 3.50. The van der Waals surface area contributed by atoms with Gasteiger partial charge in [-0.15, -0.1) is 0 Å². The van der Waals surface area contributed by atoms with Crippen LogP contribution < -0.4 is 15.4 Å². The van der Waals surface area contributed by atoms with Gasteiger partial charge in [0.25, 0.3) is 0 Å². The Morgan fingerprint density at radius 3 is 2.67 bits per heavy atom. The summed E-state index contributed by atoms with van der Waals surface area (Å²) in [4.78, 5) is 12.3. The highest BCUT2D eigenvalue weighted by molar-refractivity contribution is 6.04. The molecule has 1 aliphatic heterocycles. The van der Waals surface area contributed by atoms with Crippen molar-refractivity contribution < 1.29 is 9.53 Å². The highest BCUT2D eigenvalue weighted by Crippen LogP contribution is 2.36. The molecule has 4 heteroatoms. The van der Waals surface area contributed by atoms with E-state index < -0.39 is 0 Å². The van der Waals surface area contributed by atoms with Crippen molar-refractivity contribution in [2.75, 3.05) is 17.2 Å². The predicted octanol–water partition coefficient (Wildman–Crippen LogP) is 3.06. The molecular weight excluding hydrogens is 264 g/mol. The number of rotatable bonds is 4. The molecule has 0 bridgehead atoms. The molecule has 2 aromatic rings. The topological polar surface area (TPSA) is 50.4 Å². The van der Waals surface area contributed by atoms with Gasteiger partial charge in [0.05, 0.1) is 12.3 Å². The second-order valence-corrected chi connectivity index (χ2v) is 4.99. The monoisotopic (exact) mass is 282 g/mol. The van der Waals surface area contributed by atoms with Crippen LogP contribution in [0.25, 0.3) is 0 Å². The van der Waals surface area contributed by atoms with Crippen LogP contribution in [0.15, 0.2) is 48.5 Å². The second kappa shape index (κ2) is 5.87. The number of carbonyl (C=O) groups is 1. The van der Waals surface area contributed by atoms with Crippen molar-refractivity contribution in [2.45, 2.75) is 19.4 Å². The van der Waals surface area contributed by atoms with Crippen LogP contribution in [0.5, 0.6) is 5.75 Å². The summed E-state index contributed by atoms with van der Waals surface area (Å²) in [5.74, 6) is 0.674. The van der Waals surface area contributed by atoms with Gasteiger partial charge in [-0.05, 0) is 24.6 Å². The highest BCUT2D eigenvalue weighted by Gasteiger charge is 2.27. The molecule has 0 aromatic heterocycles. The van der Waals surface area contributed by atoms with Crippen LogP contribution in [-0.4, -0.2) is 18.6 Å². The zero-order chi connectivity index (χ0) is 14.7. The first-order chi connectivity index (χ1) is 10.3. The molecule has 1 aliphatic rings. The smallest absolute Gasteiger partial charge is 0.247 e. The number of carbonyl (C=O) groups excluding carboxylic acids is 1. The second-order valence-electron chi connectivity index (χ2n) is 4.99. The van der Waals surface area contributed by atoms with Gasteiger partial charge in [0.2, 0.25) is 5.91 Å². The average Bonchev–Trinajstić information content (AvgIpc) is 2.50. The lowest BCUT2D eigenvalue weighted by atomic mass is 10.0. The van der Waals surface area contributed by atoms with E-state index in [0.29, 0.717) is 18.8 Å². The van der Waals surface area contributed by atoms with Crippen LogP contribution in [0, 0.1) is 0 Å². The number of hydrogen-bond donors (Lipinski definition) is 2. The van der Waals surface area contributed by atoms with E-state index in [0.717, 1.165) is 16.9 Å². The van der Waals surface area contributed by atoms with Gasteiger partial charge in [-0.2, -0.15) is 0 Å². The fourth-order valence-corrected chi connectivity index (χ4v) is 2.51. The van der Waals surface area contributed by atoms with Crippen LogP contribution in [0.2, 0.25) is 0 Å². The highest BCUT2D eigenvalue weighted by atomic mass is 16.5. The molecular formula is C17H18N2O2. The number of hydrogen-bond acceptors (Lipinski definition) is 3. The van der Waals surface area contributed by atoms with Gasteiger partial charge in [-0.1, -0.05) is 36.4 Å². The number of fused-ring (bicyclic) bond motifs is 1. The molecule has 1 heterocycles. The van der Waals surface area contributed by atoms with Gasteiger partial charge in [0.1, 0.15) is 17.5 Å². The van der Waals surface area contributed by atoms with E-state index in [-0.39, 0.29) is 11.9 Å². The van der Waals surface area contributed by atoms with Crippen molar-refractivity contribution in [3.63, 3.8) is 0 Å². The number of benzene rings is 2. The summed E-state index contributed by atoms with van der Waals surface area (Å²) in [5.41, 5.74) is 2.77. The van der Waals surface area contributed by atoms with E-state index in [1.54, 1.807) is 0 Å². The zero-order valence-corrected chi connectivity index (χ0v) is 11.9.